The summed E-state index contributed by atoms with van der Waals surface area (Å²) in [6.45, 7) is 9.48. The van der Waals surface area contributed by atoms with Crippen molar-refractivity contribution in [3.05, 3.63) is 41.4 Å². The van der Waals surface area contributed by atoms with E-state index in [9.17, 15) is 8.78 Å². The van der Waals surface area contributed by atoms with Gasteiger partial charge in [0.05, 0.1) is 5.69 Å². The number of nitrogens with one attached hydrogen (secondary N) is 1. The molecular formula is C18H21F2N5. The third-order valence-corrected chi connectivity index (χ3v) is 4.49. The van der Waals surface area contributed by atoms with Crippen LogP contribution < -0.4 is 5.32 Å². The van der Waals surface area contributed by atoms with Crippen LogP contribution >= 0.6 is 0 Å². The molecule has 3 aromatic rings. The van der Waals surface area contributed by atoms with Crippen LogP contribution in [0.1, 0.15) is 32.0 Å². The Morgan fingerprint density at radius 1 is 1.08 bits per heavy atom. The van der Waals surface area contributed by atoms with Gasteiger partial charge < -0.3 is 5.32 Å². The quantitative estimate of drug-likeness (QED) is 0.772. The van der Waals surface area contributed by atoms with Crippen molar-refractivity contribution in [3.63, 3.8) is 0 Å². The van der Waals surface area contributed by atoms with Crippen LogP contribution in [0.25, 0.3) is 16.9 Å². The Morgan fingerprint density at radius 2 is 1.80 bits per heavy atom. The Bertz CT molecular complexity index is 933. The minimum atomic E-state index is -0.497. The van der Waals surface area contributed by atoms with Crippen LogP contribution in [0.3, 0.4) is 0 Å². The van der Waals surface area contributed by atoms with Gasteiger partial charge in [0.25, 0.3) is 5.78 Å². The van der Waals surface area contributed by atoms with E-state index in [-0.39, 0.29) is 17.2 Å². The fraction of sp³-hybridized carbons (Fsp3) is 0.389. The number of hydrogen-bond acceptors (Lipinski definition) is 4. The van der Waals surface area contributed by atoms with E-state index in [1.807, 2.05) is 6.92 Å². The van der Waals surface area contributed by atoms with E-state index in [0.29, 0.717) is 28.8 Å². The molecule has 2 heterocycles. The largest absolute Gasteiger partial charge is 0.367 e. The Balaban J connectivity index is 2.30. The van der Waals surface area contributed by atoms with Crippen LogP contribution in [0.4, 0.5) is 14.6 Å². The Hall–Kier alpha value is -2.57. The average molecular weight is 345 g/mol. The molecule has 1 N–H and O–H groups in total. The molecule has 1 unspecified atom stereocenters. The first kappa shape index (κ1) is 17.3. The second kappa shape index (κ2) is 6.38. The number of halogens is 2. The van der Waals surface area contributed by atoms with Gasteiger partial charge in [-0.05, 0) is 44.4 Å². The van der Waals surface area contributed by atoms with E-state index < -0.39 is 11.6 Å². The van der Waals surface area contributed by atoms with E-state index in [4.69, 9.17) is 0 Å². The van der Waals surface area contributed by atoms with Crippen molar-refractivity contribution in [2.45, 2.75) is 40.7 Å². The molecule has 0 fully saturated rings. The molecule has 0 radical (unpaired) electrons. The Morgan fingerprint density at radius 3 is 2.48 bits per heavy atom. The van der Waals surface area contributed by atoms with Gasteiger partial charge in [-0.3, -0.25) is 0 Å². The van der Waals surface area contributed by atoms with Gasteiger partial charge in [-0.15, -0.1) is 0 Å². The summed E-state index contributed by atoms with van der Waals surface area (Å²) in [7, 11) is 0. The lowest BCUT2D eigenvalue weighted by Gasteiger charge is -2.22. The van der Waals surface area contributed by atoms with Gasteiger partial charge >= 0.3 is 0 Å². The van der Waals surface area contributed by atoms with Gasteiger partial charge in [0.15, 0.2) is 0 Å². The van der Waals surface area contributed by atoms with E-state index in [2.05, 4.69) is 34.2 Å². The summed E-state index contributed by atoms with van der Waals surface area (Å²) in [5, 5.41) is 7.56. The van der Waals surface area contributed by atoms with Crippen LogP contribution in [0.2, 0.25) is 0 Å². The molecule has 2 aromatic heterocycles. The zero-order chi connectivity index (χ0) is 18.3. The molecule has 7 heteroatoms. The van der Waals surface area contributed by atoms with Gasteiger partial charge in [0, 0.05) is 17.2 Å². The Labute approximate surface area is 145 Å². The minimum Gasteiger partial charge on any atom is -0.367 e. The summed E-state index contributed by atoms with van der Waals surface area (Å²) < 4.78 is 30.3. The summed E-state index contributed by atoms with van der Waals surface area (Å²) in [5.41, 5.74) is 1.46. The molecule has 0 bridgehead atoms. The van der Waals surface area contributed by atoms with Gasteiger partial charge in [-0.2, -0.15) is 14.6 Å². The van der Waals surface area contributed by atoms with E-state index in [1.54, 1.807) is 6.92 Å². The van der Waals surface area contributed by atoms with Gasteiger partial charge in [-0.1, -0.05) is 13.8 Å². The zero-order valence-electron chi connectivity index (χ0n) is 14.9. The SMILES string of the molecule is Cc1cc(F)c(-c2c(C)nc3ncnn3c2NC(C)C(C)C)cc1F. The lowest BCUT2D eigenvalue weighted by atomic mass is 10.0. The molecule has 0 saturated carbocycles. The first-order chi connectivity index (χ1) is 11.8. The van der Waals surface area contributed by atoms with Crippen LogP contribution in [-0.2, 0) is 0 Å². The topological polar surface area (TPSA) is 55.1 Å². The summed E-state index contributed by atoms with van der Waals surface area (Å²) in [6, 6.07) is 2.50. The van der Waals surface area contributed by atoms with E-state index in [1.165, 1.54) is 29.9 Å². The molecule has 132 valence electrons. The van der Waals surface area contributed by atoms with E-state index >= 15 is 0 Å². The molecule has 0 saturated heterocycles. The number of fused-ring (bicyclic) bond motifs is 1. The highest BCUT2D eigenvalue weighted by atomic mass is 19.1. The van der Waals surface area contributed by atoms with Crippen LogP contribution in [0, 0.1) is 31.4 Å². The second-order valence-electron chi connectivity index (χ2n) is 6.65. The van der Waals surface area contributed by atoms with Crippen molar-refractivity contribution in [2.24, 2.45) is 5.92 Å². The normalized spacial score (nSPS) is 12.8. The number of nitrogens with zero attached hydrogens (tertiary/aromatic N) is 4. The zero-order valence-corrected chi connectivity index (χ0v) is 14.9. The number of benzene rings is 1. The van der Waals surface area contributed by atoms with Crippen molar-refractivity contribution in [1.29, 1.82) is 0 Å². The molecule has 0 aliphatic rings. The first-order valence-corrected chi connectivity index (χ1v) is 8.22. The molecule has 25 heavy (non-hydrogen) atoms. The number of aromatic nitrogens is 4. The van der Waals surface area contributed by atoms with Crippen molar-refractivity contribution < 1.29 is 8.78 Å². The summed E-state index contributed by atoms with van der Waals surface area (Å²) in [5.74, 6) is 0.344. The highest BCUT2D eigenvalue weighted by Gasteiger charge is 2.22. The molecule has 3 rings (SSSR count). The molecule has 1 aromatic carbocycles. The molecule has 0 aliphatic carbocycles. The predicted octanol–water partition coefficient (Wildman–Crippen LogP) is 4.14. The predicted molar refractivity (Wildman–Crippen MR) is 93.5 cm³/mol. The molecule has 0 spiro atoms. The smallest absolute Gasteiger partial charge is 0.254 e. The highest BCUT2D eigenvalue weighted by molar-refractivity contribution is 5.79. The van der Waals surface area contributed by atoms with Gasteiger partial charge in [0.2, 0.25) is 0 Å². The number of aryl methyl sites for hydroxylation is 2. The van der Waals surface area contributed by atoms with Crippen LogP contribution in [0.15, 0.2) is 18.5 Å². The van der Waals surface area contributed by atoms with E-state index in [0.717, 1.165) is 0 Å². The van der Waals surface area contributed by atoms with Crippen molar-refractivity contribution in [1.82, 2.24) is 19.6 Å². The maximum Gasteiger partial charge on any atom is 0.254 e. The fourth-order valence-corrected chi connectivity index (χ4v) is 2.63. The summed E-state index contributed by atoms with van der Waals surface area (Å²) in [6.07, 6.45) is 1.39. The Kier molecular flexibility index (Phi) is 4.41. The monoisotopic (exact) mass is 345 g/mol. The lowest BCUT2D eigenvalue weighted by molar-refractivity contribution is 0.556. The fourth-order valence-electron chi connectivity index (χ4n) is 2.63. The summed E-state index contributed by atoms with van der Waals surface area (Å²) in [4.78, 5) is 8.49. The maximum absolute atomic E-state index is 14.6. The highest BCUT2D eigenvalue weighted by Crippen LogP contribution is 2.34. The molecule has 1 atom stereocenters. The third-order valence-electron chi connectivity index (χ3n) is 4.49. The van der Waals surface area contributed by atoms with Crippen LogP contribution in [-0.4, -0.2) is 25.6 Å². The van der Waals surface area contributed by atoms with Crippen molar-refractivity contribution in [3.8, 4) is 11.1 Å². The number of rotatable bonds is 4. The summed E-state index contributed by atoms with van der Waals surface area (Å²) >= 11 is 0. The number of anilines is 1. The molecular weight excluding hydrogens is 324 g/mol. The minimum absolute atomic E-state index is 0.0892. The van der Waals surface area contributed by atoms with Crippen molar-refractivity contribution >= 4 is 11.6 Å². The third kappa shape index (κ3) is 3.06. The maximum atomic E-state index is 14.6. The standard InChI is InChI=1S/C18H21F2N5/c1-9(2)11(4)23-17-16(12(5)24-18-21-8-22-25(17)18)13-7-14(19)10(3)6-15(13)20/h6-9,11,23H,1-5H3. The average Bonchev–Trinajstić information content (AvgIpc) is 2.99. The van der Waals surface area contributed by atoms with Gasteiger partial charge in [-0.25, -0.2) is 13.8 Å². The lowest BCUT2D eigenvalue weighted by Crippen LogP contribution is -2.24. The molecule has 0 aliphatic heterocycles. The second-order valence-corrected chi connectivity index (χ2v) is 6.65. The number of hydrogen-bond donors (Lipinski definition) is 1. The first-order valence-electron chi connectivity index (χ1n) is 8.22. The van der Waals surface area contributed by atoms with Crippen molar-refractivity contribution in [2.75, 3.05) is 5.32 Å². The van der Waals surface area contributed by atoms with Gasteiger partial charge in [0.1, 0.15) is 23.8 Å². The molecule has 0 amide bonds. The molecule has 5 nitrogen and oxygen atoms in total. The van der Waals surface area contributed by atoms with Crippen LogP contribution in [0.5, 0.6) is 0 Å².